The summed E-state index contributed by atoms with van der Waals surface area (Å²) in [5.74, 6) is 0.632. The maximum Gasteiger partial charge on any atom is 0.0422 e. The maximum absolute atomic E-state index is 2.64. The molecule has 0 fully saturated rings. The van der Waals surface area contributed by atoms with Crippen LogP contribution in [-0.4, -0.2) is 0 Å². The maximum atomic E-state index is 2.64. The summed E-state index contributed by atoms with van der Waals surface area (Å²) in [6.07, 6.45) is 7.80. The Morgan fingerprint density at radius 3 is 2.15 bits per heavy atom. The molecule has 192 valence electrons. The van der Waals surface area contributed by atoms with Gasteiger partial charge in [0.05, 0.1) is 0 Å². The number of hydrogen-bond acceptors (Lipinski definition) is 0. The molecular weight excluding hydrogens is 468 g/mol. The second-order valence-electron chi connectivity index (χ2n) is 14.2. The first-order valence-electron chi connectivity index (χ1n) is 14.5. The third-order valence-electron chi connectivity index (χ3n) is 10.0. The molecule has 3 unspecified atom stereocenters. The van der Waals surface area contributed by atoms with Gasteiger partial charge in [0.2, 0.25) is 0 Å². The second-order valence-corrected chi connectivity index (χ2v) is 14.2. The van der Waals surface area contributed by atoms with E-state index in [1.807, 2.05) is 0 Å². The molecule has 0 aliphatic heterocycles. The average molecular weight is 505 g/mol. The number of hydrogen-bond donors (Lipinski definition) is 0. The van der Waals surface area contributed by atoms with Crippen LogP contribution in [0.15, 0.2) is 96.6 Å². The van der Waals surface area contributed by atoms with Gasteiger partial charge >= 0.3 is 0 Å². The zero-order valence-corrected chi connectivity index (χ0v) is 23.9. The molecule has 0 saturated carbocycles. The minimum Gasteiger partial charge on any atom is -0.0720 e. The van der Waals surface area contributed by atoms with Crippen molar-refractivity contribution >= 4 is 28.0 Å². The van der Waals surface area contributed by atoms with Crippen LogP contribution in [0.5, 0.6) is 0 Å². The first-order chi connectivity index (χ1) is 18.6. The molecule has 4 aromatic rings. The van der Waals surface area contributed by atoms with Gasteiger partial charge in [-0.05, 0) is 82.6 Å². The molecule has 0 saturated heterocycles. The van der Waals surface area contributed by atoms with Crippen LogP contribution in [0, 0.1) is 17.3 Å². The zero-order valence-electron chi connectivity index (χ0n) is 23.9. The van der Waals surface area contributed by atoms with Gasteiger partial charge in [-0.2, -0.15) is 0 Å². The van der Waals surface area contributed by atoms with Crippen molar-refractivity contribution in [2.24, 2.45) is 17.3 Å². The van der Waals surface area contributed by atoms with E-state index in [0.717, 1.165) is 0 Å². The summed E-state index contributed by atoms with van der Waals surface area (Å²) >= 11 is 0. The minimum absolute atomic E-state index is 0.107. The van der Waals surface area contributed by atoms with Gasteiger partial charge in [0.1, 0.15) is 0 Å². The van der Waals surface area contributed by atoms with Crippen LogP contribution in [0.25, 0.3) is 28.0 Å². The van der Waals surface area contributed by atoms with E-state index in [1.165, 1.54) is 60.2 Å². The largest absolute Gasteiger partial charge is 0.0720 e. The van der Waals surface area contributed by atoms with Gasteiger partial charge in [0.25, 0.3) is 0 Å². The van der Waals surface area contributed by atoms with Crippen molar-refractivity contribution in [3.63, 3.8) is 0 Å². The second kappa shape index (κ2) is 7.30. The van der Waals surface area contributed by atoms with Crippen LogP contribution in [-0.2, 0) is 10.8 Å². The normalized spacial score (nSPS) is 24.2. The summed E-state index contributed by atoms with van der Waals surface area (Å²) in [6.45, 7) is 14.0. The SMILES string of the molecule is CC(C)(C)C1=CC2C(=C1)c1c3c(cc4ccccc14)C1=c4ccccc4=CC1C32c1ccc(C(C)(C)C)cc1. The first-order valence-corrected chi connectivity index (χ1v) is 14.5. The lowest BCUT2D eigenvalue weighted by Gasteiger charge is -2.38. The van der Waals surface area contributed by atoms with E-state index in [2.05, 4.69) is 139 Å². The first kappa shape index (κ1) is 23.3. The van der Waals surface area contributed by atoms with Crippen LogP contribution in [0.2, 0.25) is 0 Å². The molecule has 4 aromatic carbocycles. The molecule has 3 atom stereocenters. The van der Waals surface area contributed by atoms with E-state index in [1.54, 1.807) is 5.56 Å². The van der Waals surface area contributed by atoms with Crippen LogP contribution in [0.3, 0.4) is 0 Å². The Morgan fingerprint density at radius 1 is 0.692 bits per heavy atom. The van der Waals surface area contributed by atoms with Gasteiger partial charge in [-0.25, -0.2) is 0 Å². The molecule has 4 aliphatic carbocycles. The highest BCUT2D eigenvalue weighted by atomic mass is 14.6. The highest BCUT2D eigenvalue weighted by Crippen LogP contribution is 2.69. The van der Waals surface area contributed by atoms with Crippen molar-refractivity contribution in [3.05, 3.63) is 135 Å². The van der Waals surface area contributed by atoms with Gasteiger partial charge in [0.15, 0.2) is 0 Å². The molecule has 0 heteroatoms. The molecule has 0 heterocycles. The molecule has 0 spiro atoms. The summed E-state index contributed by atoms with van der Waals surface area (Å²) in [6, 6.07) is 30.4. The lowest BCUT2D eigenvalue weighted by Crippen LogP contribution is -2.36. The fourth-order valence-corrected chi connectivity index (χ4v) is 8.18. The van der Waals surface area contributed by atoms with Gasteiger partial charge in [-0.1, -0.05) is 133 Å². The lowest BCUT2D eigenvalue weighted by atomic mass is 9.63. The molecule has 0 aromatic heterocycles. The summed E-state index contributed by atoms with van der Waals surface area (Å²) < 4.78 is 0. The molecule has 39 heavy (non-hydrogen) atoms. The Morgan fingerprint density at radius 2 is 1.41 bits per heavy atom. The number of fused-ring (bicyclic) bond motifs is 9. The topological polar surface area (TPSA) is 0 Å². The van der Waals surface area contributed by atoms with Crippen LogP contribution in [0.4, 0.5) is 0 Å². The van der Waals surface area contributed by atoms with Gasteiger partial charge < -0.3 is 0 Å². The zero-order chi connectivity index (χ0) is 26.9. The summed E-state index contributed by atoms with van der Waals surface area (Å²) in [5.41, 5.74) is 12.0. The van der Waals surface area contributed by atoms with Crippen molar-refractivity contribution in [2.75, 3.05) is 0 Å². The van der Waals surface area contributed by atoms with Crippen molar-refractivity contribution < 1.29 is 0 Å². The molecule has 4 aliphatic rings. The molecule has 0 N–H and O–H groups in total. The number of allylic oxidation sites excluding steroid dienone is 4. The molecule has 0 bridgehead atoms. The number of benzene rings is 4. The lowest BCUT2D eigenvalue weighted by molar-refractivity contribution is 0.437. The Bertz CT molecular complexity index is 1910. The van der Waals surface area contributed by atoms with E-state index in [-0.39, 0.29) is 16.2 Å². The summed E-state index contributed by atoms with van der Waals surface area (Å²) in [5, 5.41) is 5.56. The van der Waals surface area contributed by atoms with E-state index in [0.29, 0.717) is 11.8 Å². The van der Waals surface area contributed by atoms with Crippen LogP contribution in [0.1, 0.15) is 69.4 Å². The highest BCUT2D eigenvalue weighted by molar-refractivity contribution is 6.07. The quantitative estimate of drug-likeness (QED) is 0.246. The summed E-state index contributed by atoms with van der Waals surface area (Å²) in [7, 11) is 0. The number of rotatable bonds is 1. The van der Waals surface area contributed by atoms with Gasteiger partial charge in [0, 0.05) is 17.3 Å². The van der Waals surface area contributed by atoms with Gasteiger partial charge in [-0.3, -0.25) is 0 Å². The fraction of sp³-hybridized carbons (Fsp3) is 0.282. The Labute approximate surface area is 232 Å². The molecular formula is C39H36. The standard InChI is InChI=1S/C39H36/c1-37(2,3)25-15-17-26(18-16-25)39-32-22-27(38(4,5)6)21-30(32)35-29-14-10-7-11-23(29)19-31(36(35)39)34-28-13-9-8-12-24(28)20-33(34)39/h7-22,32-33H,1-6H3. The van der Waals surface area contributed by atoms with Crippen molar-refractivity contribution in [1.82, 2.24) is 0 Å². The Kier molecular flexibility index (Phi) is 4.36. The highest BCUT2D eigenvalue weighted by Gasteiger charge is 2.62. The van der Waals surface area contributed by atoms with Crippen LogP contribution >= 0.6 is 0 Å². The third-order valence-corrected chi connectivity index (χ3v) is 10.0. The summed E-state index contributed by atoms with van der Waals surface area (Å²) in [4.78, 5) is 0. The van der Waals surface area contributed by atoms with E-state index < -0.39 is 0 Å². The van der Waals surface area contributed by atoms with E-state index in [9.17, 15) is 0 Å². The predicted octanol–water partition coefficient (Wildman–Crippen LogP) is 8.05. The molecule has 0 radical (unpaired) electrons. The smallest absolute Gasteiger partial charge is 0.0422 e. The van der Waals surface area contributed by atoms with Crippen molar-refractivity contribution in [2.45, 2.75) is 52.4 Å². The fourth-order valence-electron chi connectivity index (χ4n) is 8.18. The molecule has 0 amide bonds. The van der Waals surface area contributed by atoms with Crippen molar-refractivity contribution in [3.8, 4) is 0 Å². The average Bonchev–Trinajstić information content (AvgIpc) is 3.62. The van der Waals surface area contributed by atoms with Crippen LogP contribution < -0.4 is 10.4 Å². The third kappa shape index (κ3) is 2.85. The van der Waals surface area contributed by atoms with Gasteiger partial charge in [-0.15, -0.1) is 0 Å². The van der Waals surface area contributed by atoms with Crippen molar-refractivity contribution in [1.29, 1.82) is 0 Å². The minimum atomic E-state index is -0.141. The van der Waals surface area contributed by atoms with E-state index >= 15 is 0 Å². The molecule has 8 rings (SSSR count). The Hall–Kier alpha value is -3.64. The molecule has 0 nitrogen and oxygen atoms in total. The monoisotopic (exact) mass is 504 g/mol. The predicted molar refractivity (Wildman–Crippen MR) is 165 cm³/mol. The Balaban J connectivity index is 1.55. The van der Waals surface area contributed by atoms with E-state index in [4.69, 9.17) is 0 Å².